The lowest BCUT2D eigenvalue weighted by Crippen LogP contribution is -2.43. The van der Waals surface area contributed by atoms with E-state index in [1.165, 1.54) is 11.0 Å². The number of carbonyl (C=O) groups excluding carboxylic acids is 1. The van der Waals surface area contributed by atoms with Gasteiger partial charge in [0.2, 0.25) is 26.0 Å². The molecule has 1 saturated heterocycles. The van der Waals surface area contributed by atoms with E-state index >= 15 is 0 Å². The minimum atomic E-state index is -4.07. The summed E-state index contributed by atoms with van der Waals surface area (Å²) in [6.07, 6.45) is 1.35. The number of halogens is 1. The third kappa shape index (κ3) is 6.02. The Kier molecular flexibility index (Phi) is 8.21. The van der Waals surface area contributed by atoms with Crippen molar-refractivity contribution in [1.29, 1.82) is 0 Å². The van der Waals surface area contributed by atoms with Crippen molar-refractivity contribution < 1.29 is 31.5 Å². The van der Waals surface area contributed by atoms with E-state index in [1.807, 2.05) is 0 Å². The van der Waals surface area contributed by atoms with Crippen LogP contribution in [0.3, 0.4) is 0 Å². The van der Waals surface area contributed by atoms with Crippen molar-refractivity contribution in [3.8, 4) is 0 Å². The number of likely N-dealkylation sites (tertiary alicyclic amines) is 1. The second kappa shape index (κ2) is 9.92. The Hall–Kier alpha value is -1.58. The zero-order valence-corrected chi connectivity index (χ0v) is 19.7. The lowest BCUT2D eigenvalue weighted by molar-refractivity contribution is -0.149. The van der Waals surface area contributed by atoms with Crippen LogP contribution in [0.2, 0.25) is 5.02 Å². The molecule has 2 atom stereocenters. The molecule has 0 radical (unpaired) electrons. The van der Waals surface area contributed by atoms with Gasteiger partial charge in [-0.15, -0.1) is 0 Å². The van der Waals surface area contributed by atoms with Gasteiger partial charge in [0, 0.05) is 18.2 Å². The first-order chi connectivity index (χ1) is 14.3. The number of hydrogen-bond acceptors (Lipinski definition) is 8. The van der Waals surface area contributed by atoms with Crippen LogP contribution < -0.4 is 15.2 Å². The smallest absolute Gasteiger partial charge is 0.326 e. The summed E-state index contributed by atoms with van der Waals surface area (Å²) in [5.74, 6) is -0.729. The van der Waals surface area contributed by atoms with Gasteiger partial charge in [0.25, 0.3) is 0 Å². The number of carbonyl (C=O) groups is 2. The topological polar surface area (TPSA) is 176 Å². The quantitative estimate of drug-likeness (QED) is 0.356. The number of carboxylic acids is 1. The molecule has 1 aromatic carbocycles. The van der Waals surface area contributed by atoms with E-state index in [-0.39, 0.29) is 34.1 Å². The van der Waals surface area contributed by atoms with Gasteiger partial charge in [-0.3, -0.25) is 4.79 Å². The molecular formula is C16H23ClN4O7S3. The van der Waals surface area contributed by atoms with Crippen LogP contribution in [-0.2, 0) is 29.6 Å². The maximum atomic E-state index is 11.7. The van der Waals surface area contributed by atoms with Crippen molar-refractivity contribution >= 4 is 61.8 Å². The average Bonchev–Trinajstić information content (AvgIpc) is 3.15. The SMILES string of the molecule is CC(CS)C(=O)N1CCCC1C(=O)O.NS(=O)(=O)c1cc2c(cc1Cl)NCNS2(=O)=O. The van der Waals surface area contributed by atoms with Crippen molar-refractivity contribution in [2.75, 3.05) is 24.3 Å². The summed E-state index contributed by atoms with van der Waals surface area (Å²) < 4.78 is 47.9. The maximum Gasteiger partial charge on any atom is 0.326 e. The molecule has 0 bridgehead atoms. The molecule has 0 aromatic heterocycles. The van der Waals surface area contributed by atoms with Gasteiger partial charge in [-0.25, -0.2) is 26.8 Å². The Balaban J connectivity index is 0.000000225. The summed E-state index contributed by atoms with van der Waals surface area (Å²) >= 11 is 9.76. The molecule has 0 saturated carbocycles. The fourth-order valence-corrected chi connectivity index (χ4v) is 5.51. The van der Waals surface area contributed by atoms with Gasteiger partial charge in [-0.1, -0.05) is 18.5 Å². The van der Waals surface area contributed by atoms with Crippen LogP contribution in [0.5, 0.6) is 0 Å². The highest BCUT2D eigenvalue weighted by Gasteiger charge is 2.35. The van der Waals surface area contributed by atoms with E-state index in [4.69, 9.17) is 21.8 Å². The third-order valence-electron chi connectivity index (χ3n) is 4.69. The lowest BCUT2D eigenvalue weighted by Gasteiger charge is -2.24. The van der Waals surface area contributed by atoms with Gasteiger partial charge in [0.1, 0.15) is 15.8 Å². The zero-order chi connectivity index (χ0) is 23.6. The Bertz CT molecular complexity index is 1080. The molecule has 11 nitrogen and oxygen atoms in total. The summed E-state index contributed by atoms with van der Waals surface area (Å²) in [6.45, 7) is 2.35. The number of nitrogens with zero attached hydrogens (tertiary/aromatic N) is 1. The monoisotopic (exact) mass is 514 g/mol. The molecule has 2 heterocycles. The fourth-order valence-electron chi connectivity index (χ4n) is 3.07. The minimum Gasteiger partial charge on any atom is -0.480 e. The standard InChI is InChI=1S/C9H15NO3S.C7H8ClN3O4S2/c1-6(5-14)8(11)10-4-2-3-7(10)9(12)13;8-4-1-5-7(2-6(4)16(9,12)13)17(14,15)11-3-10-5/h6-7,14H,2-5H2,1H3,(H,12,13);1-2,10-11H,3H2,(H2,9,12,13). The Morgan fingerprint density at radius 3 is 2.61 bits per heavy atom. The van der Waals surface area contributed by atoms with E-state index < -0.39 is 37.0 Å². The van der Waals surface area contributed by atoms with Crippen LogP contribution in [0.4, 0.5) is 5.69 Å². The Morgan fingerprint density at radius 1 is 1.42 bits per heavy atom. The number of rotatable bonds is 4. The van der Waals surface area contributed by atoms with Gasteiger partial charge in [0.05, 0.1) is 17.4 Å². The van der Waals surface area contributed by atoms with Gasteiger partial charge in [0.15, 0.2) is 0 Å². The normalized spacial score (nSPS) is 20.6. The van der Waals surface area contributed by atoms with E-state index in [9.17, 15) is 26.4 Å². The molecule has 1 amide bonds. The van der Waals surface area contributed by atoms with Crippen molar-refractivity contribution in [2.24, 2.45) is 11.1 Å². The van der Waals surface area contributed by atoms with Crippen molar-refractivity contribution in [2.45, 2.75) is 35.6 Å². The van der Waals surface area contributed by atoms with Crippen LogP contribution in [0.15, 0.2) is 21.9 Å². The fraction of sp³-hybridized carbons (Fsp3) is 0.500. The first kappa shape index (κ1) is 25.7. The maximum absolute atomic E-state index is 11.7. The van der Waals surface area contributed by atoms with E-state index in [0.717, 1.165) is 12.5 Å². The predicted octanol–water partition coefficient (Wildman–Crippen LogP) is 0.277. The second-order valence-electron chi connectivity index (χ2n) is 6.94. The summed E-state index contributed by atoms with van der Waals surface area (Å²) in [5.41, 5.74) is 0.237. The van der Waals surface area contributed by atoms with E-state index in [0.29, 0.717) is 18.7 Å². The largest absolute Gasteiger partial charge is 0.480 e. The lowest BCUT2D eigenvalue weighted by atomic mass is 10.1. The molecule has 0 spiro atoms. The number of sulfonamides is 2. The number of aliphatic carboxylic acids is 1. The molecule has 15 heteroatoms. The molecule has 2 unspecified atom stereocenters. The number of amides is 1. The number of thiol groups is 1. The highest BCUT2D eigenvalue weighted by atomic mass is 35.5. The Labute approximate surface area is 190 Å². The van der Waals surface area contributed by atoms with Gasteiger partial charge < -0.3 is 15.3 Å². The van der Waals surface area contributed by atoms with Crippen LogP contribution >= 0.6 is 24.2 Å². The van der Waals surface area contributed by atoms with E-state index in [2.05, 4.69) is 22.7 Å². The summed E-state index contributed by atoms with van der Waals surface area (Å²) in [5, 5.41) is 16.4. The van der Waals surface area contributed by atoms with Crippen LogP contribution in [0, 0.1) is 5.92 Å². The molecule has 1 fully saturated rings. The van der Waals surface area contributed by atoms with Crippen molar-refractivity contribution in [1.82, 2.24) is 9.62 Å². The third-order valence-corrected chi connectivity index (χ3v) is 8.05. The summed E-state index contributed by atoms with van der Waals surface area (Å²) in [7, 11) is -7.80. The zero-order valence-electron chi connectivity index (χ0n) is 16.4. The molecule has 31 heavy (non-hydrogen) atoms. The highest BCUT2D eigenvalue weighted by Crippen LogP contribution is 2.32. The second-order valence-corrected chi connectivity index (χ2v) is 11.0. The molecule has 2 aliphatic rings. The van der Waals surface area contributed by atoms with Crippen LogP contribution in [0.1, 0.15) is 19.8 Å². The predicted molar refractivity (Wildman–Crippen MR) is 117 cm³/mol. The number of anilines is 1. The molecule has 1 aromatic rings. The molecule has 3 rings (SSSR count). The van der Waals surface area contributed by atoms with Crippen LogP contribution in [0.25, 0.3) is 0 Å². The number of hydrogen-bond donors (Lipinski definition) is 5. The number of nitrogens with two attached hydrogens (primary N) is 1. The summed E-state index contributed by atoms with van der Waals surface area (Å²) in [4.78, 5) is 23.4. The van der Waals surface area contributed by atoms with Crippen LogP contribution in [-0.4, -0.2) is 63.7 Å². The van der Waals surface area contributed by atoms with Crippen molar-refractivity contribution in [3.05, 3.63) is 17.2 Å². The number of fused-ring (bicyclic) bond motifs is 1. The van der Waals surface area contributed by atoms with E-state index in [1.54, 1.807) is 6.92 Å². The first-order valence-corrected chi connectivity index (χ1v) is 13.1. The summed E-state index contributed by atoms with van der Waals surface area (Å²) in [6, 6.07) is 1.53. The number of carboxylic acid groups (broad SMARTS) is 1. The highest BCUT2D eigenvalue weighted by molar-refractivity contribution is 7.90. The van der Waals surface area contributed by atoms with Gasteiger partial charge in [-0.05, 0) is 25.0 Å². The first-order valence-electron chi connectivity index (χ1n) is 9.03. The molecular weight excluding hydrogens is 492 g/mol. The minimum absolute atomic E-state index is 0.0143. The van der Waals surface area contributed by atoms with Gasteiger partial charge >= 0.3 is 5.97 Å². The molecule has 5 N–H and O–H groups in total. The molecule has 0 aliphatic carbocycles. The Morgan fingerprint density at radius 2 is 2.06 bits per heavy atom. The molecule has 174 valence electrons. The molecule has 2 aliphatic heterocycles. The number of nitrogens with one attached hydrogen (secondary N) is 2. The number of primary sulfonamides is 1. The van der Waals surface area contributed by atoms with Crippen molar-refractivity contribution in [3.63, 3.8) is 0 Å². The number of benzene rings is 1. The van der Waals surface area contributed by atoms with Gasteiger partial charge in [-0.2, -0.15) is 17.4 Å². The average molecular weight is 515 g/mol.